The number of alkyl halides is 2. The molecule has 0 spiro atoms. The summed E-state index contributed by atoms with van der Waals surface area (Å²) in [5.41, 5.74) is 0.597. The van der Waals surface area contributed by atoms with Gasteiger partial charge in [0.15, 0.2) is 0 Å². The maximum atomic E-state index is 12.8. The molecule has 2 aromatic rings. The highest BCUT2D eigenvalue weighted by Gasteiger charge is 2.72. The molecule has 1 N–H and O–H groups in total. The van der Waals surface area contributed by atoms with Gasteiger partial charge in [-0.25, -0.2) is 0 Å². The standard InChI is InChI=1S/C17H15Cl2NO2/c1-22-14-9-7-13(8-10-14)20-15(21)16(11-17(16,18)19)12-5-3-2-4-6-12/h2-10H,11H2,1H3,(H,20,21)/t16-/m0/s1. The van der Waals surface area contributed by atoms with Crippen LogP contribution in [0, 0.1) is 0 Å². The van der Waals surface area contributed by atoms with Gasteiger partial charge in [0.2, 0.25) is 5.91 Å². The normalized spacial score (nSPS) is 22.0. The van der Waals surface area contributed by atoms with Gasteiger partial charge in [-0.2, -0.15) is 0 Å². The van der Waals surface area contributed by atoms with E-state index in [0.29, 0.717) is 12.1 Å². The lowest BCUT2D eigenvalue weighted by atomic mass is 9.94. The van der Waals surface area contributed by atoms with Gasteiger partial charge < -0.3 is 10.1 Å². The number of nitrogens with one attached hydrogen (secondary N) is 1. The zero-order valence-corrected chi connectivity index (χ0v) is 13.5. The van der Waals surface area contributed by atoms with E-state index in [4.69, 9.17) is 27.9 Å². The van der Waals surface area contributed by atoms with E-state index in [1.165, 1.54) is 0 Å². The Hall–Kier alpha value is -1.71. The molecule has 2 aromatic carbocycles. The Labute approximate surface area is 139 Å². The van der Waals surface area contributed by atoms with Crippen LogP contribution in [0.25, 0.3) is 0 Å². The molecule has 1 saturated carbocycles. The number of amides is 1. The predicted molar refractivity (Wildman–Crippen MR) is 88.8 cm³/mol. The third-order valence-electron chi connectivity index (χ3n) is 3.99. The number of rotatable bonds is 4. The summed E-state index contributed by atoms with van der Waals surface area (Å²) in [5.74, 6) is 0.528. The Morgan fingerprint density at radius 1 is 1.09 bits per heavy atom. The van der Waals surface area contributed by atoms with Crippen LogP contribution >= 0.6 is 23.2 Å². The maximum absolute atomic E-state index is 12.8. The van der Waals surface area contributed by atoms with E-state index in [1.54, 1.807) is 31.4 Å². The molecule has 114 valence electrons. The van der Waals surface area contributed by atoms with Crippen molar-refractivity contribution in [3.63, 3.8) is 0 Å². The van der Waals surface area contributed by atoms with Crippen LogP contribution in [-0.2, 0) is 10.2 Å². The molecule has 0 unspecified atom stereocenters. The molecule has 0 saturated heterocycles. The minimum absolute atomic E-state index is 0.200. The molecular weight excluding hydrogens is 321 g/mol. The van der Waals surface area contributed by atoms with Gasteiger partial charge in [0.1, 0.15) is 15.5 Å². The number of halogens is 2. The smallest absolute Gasteiger partial charge is 0.238 e. The second-order valence-electron chi connectivity index (χ2n) is 5.34. The molecule has 0 heterocycles. The van der Waals surface area contributed by atoms with Gasteiger partial charge in [-0.3, -0.25) is 4.79 Å². The first-order valence-corrected chi connectivity index (χ1v) is 7.64. The fourth-order valence-corrected chi connectivity index (χ4v) is 3.41. The fraction of sp³-hybridized carbons (Fsp3) is 0.235. The Morgan fingerprint density at radius 2 is 1.68 bits per heavy atom. The van der Waals surface area contributed by atoms with Gasteiger partial charge in [0.05, 0.1) is 7.11 Å². The quantitative estimate of drug-likeness (QED) is 0.852. The van der Waals surface area contributed by atoms with Crippen LogP contribution in [0.5, 0.6) is 5.75 Å². The molecule has 0 aromatic heterocycles. The summed E-state index contributed by atoms with van der Waals surface area (Å²) in [5, 5.41) is 2.89. The monoisotopic (exact) mass is 335 g/mol. The van der Waals surface area contributed by atoms with Crippen molar-refractivity contribution in [3.8, 4) is 5.75 Å². The highest BCUT2D eigenvalue weighted by molar-refractivity contribution is 6.54. The molecular formula is C17H15Cl2NO2. The summed E-state index contributed by atoms with van der Waals surface area (Å²) in [4.78, 5) is 12.8. The molecule has 0 aliphatic heterocycles. The predicted octanol–water partition coefficient (Wildman–Crippen LogP) is 4.15. The molecule has 1 aliphatic carbocycles. The van der Waals surface area contributed by atoms with E-state index in [9.17, 15) is 4.79 Å². The first-order chi connectivity index (χ1) is 10.5. The lowest BCUT2D eigenvalue weighted by molar-refractivity contribution is -0.118. The number of benzene rings is 2. The Balaban J connectivity index is 1.86. The number of carbonyl (C=O) groups excluding carboxylic acids is 1. The summed E-state index contributed by atoms with van der Waals surface area (Å²) in [6, 6.07) is 16.5. The van der Waals surface area contributed by atoms with Crippen LogP contribution in [0.15, 0.2) is 54.6 Å². The second-order valence-corrected chi connectivity index (χ2v) is 6.82. The van der Waals surface area contributed by atoms with E-state index in [0.717, 1.165) is 11.3 Å². The number of hydrogen-bond donors (Lipinski definition) is 1. The second kappa shape index (κ2) is 5.49. The van der Waals surface area contributed by atoms with E-state index < -0.39 is 9.75 Å². The zero-order valence-electron chi connectivity index (χ0n) is 12.0. The van der Waals surface area contributed by atoms with Crippen LogP contribution in [-0.4, -0.2) is 17.4 Å². The number of hydrogen-bond acceptors (Lipinski definition) is 2. The average Bonchev–Trinajstić information content (AvgIpc) is 3.13. The first-order valence-electron chi connectivity index (χ1n) is 6.88. The van der Waals surface area contributed by atoms with Crippen molar-refractivity contribution in [2.75, 3.05) is 12.4 Å². The number of anilines is 1. The summed E-state index contributed by atoms with van der Waals surface area (Å²) >= 11 is 12.6. The van der Waals surface area contributed by atoms with Crippen molar-refractivity contribution in [2.24, 2.45) is 0 Å². The van der Waals surface area contributed by atoms with E-state index >= 15 is 0 Å². The van der Waals surface area contributed by atoms with Gasteiger partial charge in [-0.1, -0.05) is 30.3 Å². The summed E-state index contributed by atoms with van der Waals surface area (Å²) in [7, 11) is 1.59. The maximum Gasteiger partial charge on any atom is 0.238 e. The van der Waals surface area contributed by atoms with Crippen LogP contribution in [0.3, 0.4) is 0 Å². The van der Waals surface area contributed by atoms with E-state index in [2.05, 4.69) is 5.32 Å². The molecule has 1 atom stereocenters. The summed E-state index contributed by atoms with van der Waals surface area (Å²) in [6.45, 7) is 0. The van der Waals surface area contributed by atoms with Gasteiger partial charge >= 0.3 is 0 Å². The summed E-state index contributed by atoms with van der Waals surface area (Å²) < 4.78 is 4.02. The Morgan fingerprint density at radius 3 is 2.18 bits per heavy atom. The molecule has 0 bridgehead atoms. The lowest BCUT2D eigenvalue weighted by Crippen LogP contribution is -2.32. The van der Waals surface area contributed by atoms with Crippen molar-refractivity contribution >= 4 is 34.8 Å². The fourth-order valence-electron chi connectivity index (χ4n) is 2.61. The van der Waals surface area contributed by atoms with Crippen molar-refractivity contribution in [3.05, 3.63) is 60.2 Å². The van der Waals surface area contributed by atoms with Crippen molar-refractivity contribution < 1.29 is 9.53 Å². The average molecular weight is 336 g/mol. The largest absolute Gasteiger partial charge is 0.497 e. The molecule has 1 amide bonds. The Bertz CT molecular complexity index is 686. The topological polar surface area (TPSA) is 38.3 Å². The van der Waals surface area contributed by atoms with Crippen LogP contribution in [0.2, 0.25) is 0 Å². The zero-order chi connectivity index (χ0) is 15.8. The van der Waals surface area contributed by atoms with Crippen molar-refractivity contribution in [1.82, 2.24) is 0 Å². The highest BCUT2D eigenvalue weighted by atomic mass is 35.5. The van der Waals surface area contributed by atoms with Crippen LogP contribution < -0.4 is 10.1 Å². The van der Waals surface area contributed by atoms with Gasteiger partial charge in [-0.05, 0) is 29.8 Å². The molecule has 22 heavy (non-hydrogen) atoms. The molecule has 0 radical (unpaired) electrons. The van der Waals surface area contributed by atoms with E-state index in [1.807, 2.05) is 30.3 Å². The molecule has 5 heteroatoms. The van der Waals surface area contributed by atoms with Crippen LogP contribution in [0.4, 0.5) is 5.69 Å². The number of carbonyl (C=O) groups is 1. The third kappa shape index (κ3) is 2.44. The van der Waals surface area contributed by atoms with Gasteiger partial charge in [-0.15, -0.1) is 23.2 Å². The van der Waals surface area contributed by atoms with Gasteiger partial charge in [0.25, 0.3) is 0 Å². The molecule has 3 nitrogen and oxygen atoms in total. The highest BCUT2D eigenvalue weighted by Crippen LogP contribution is 2.65. The first kappa shape index (κ1) is 15.2. The molecule has 3 rings (SSSR count). The SMILES string of the molecule is COc1ccc(NC(=O)[C@@]2(c3ccccc3)CC2(Cl)Cl)cc1. The van der Waals surface area contributed by atoms with Crippen molar-refractivity contribution in [2.45, 2.75) is 16.2 Å². The lowest BCUT2D eigenvalue weighted by Gasteiger charge is -2.18. The number of methoxy groups -OCH3 is 1. The van der Waals surface area contributed by atoms with Crippen LogP contribution in [0.1, 0.15) is 12.0 Å². The minimum Gasteiger partial charge on any atom is -0.497 e. The van der Waals surface area contributed by atoms with E-state index in [-0.39, 0.29) is 5.91 Å². The summed E-state index contributed by atoms with van der Waals surface area (Å²) in [6.07, 6.45) is 0.398. The molecule has 1 fully saturated rings. The Kier molecular flexibility index (Phi) is 3.79. The molecule has 1 aliphatic rings. The van der Waals surface area contributed by atoms with Gasteiger partial charge in [0, 0.05) is 12.1 Å². The third-order valence-corrected chi connectivity index (χ3v) is 4.90. The minimum atomic E-state index is -1.08. The number of ether oxygens (including phenoxy) is 1. The van der Waals surface area contributed by atoms with Crippen molar-refractivity contribution in [1.29, 1.82) is 0 Å².